The van der Waals surface area contributed by atoms with Crippen molar-refractivity contribution < 1.29 is 18.3 Å². The number of ether oxygens (including phenoxy) is 1. The Kier molecular flexibility index (Phi) is 4.35. The van der Waals surface area contributed by atoms with E-state index in [1.807, 2.05) is 0 Å². The average Bonchev–Trinajstić information content (AvgIpc) is 2.30. The fraction of sp³-hybridized carbons (Fsp3) is 0.300. The predicted molar refractivity (Wildman–Crippen MR) is 54.6 cm³/mol. The Morgan fingerprint density at radius 1 is 1.71 bits per heavy atom. The summed E-state index contributed by atoms with van der Waals surface area (Å²) >= 11 is 5.71. The summed E-state index contributed by atoms with van der Waals surface area (Å²) in [5.74, 6) is -0.626. The number of hydrogen-bond donors (Lipinski definition) is 0. The number of alkyl halides is 2. The van der Waals surface area contributed by atoms with E-state index in [9.17, 15) is 13.6 Å². The number of nitrogens with zero attached hydrogens (tertiary/aromatic N) is 2. The van der Waals surface area contributed by atoms with Crippen LogP contribution in [0, 0.1) is 11.3 Å². The van der Waals surface area contributed by atoms with E-state index < -0.39 is 23.7 Å². The van der Waals surface area contributed by atoms with Crippen molar-refractivity contribution in [3.63, 3.8) is 0 Å². The Morgan fingerprint density at radius 3 is 2.82 bits per heavy atom. The molecule has 0 N–H and O–H groups in total. The largest absolute Gasteiger partial charge is 0.469 e. The number of hydrogen-bond acceptors (Lipinski definition) is 4. The first-order valence-electron chi connectivity index (χ1n) is 4.43. The van der Waals surface area contributed by atoms with Crippen molar-refractivity contribution in [2.45, 2.75) is 12.8 Å². The van der Waals surface area contributed by atoms with Crippen molar-refractivity contribution in [2.75, 3.05) is 7.11 Å². The third-order valence-electron chi connectivity index (χ3n) is 2.01. The first-order chi connectivity index (χ1) is 8.01. The lowest BCUT2D eigenvalue weighted by molar-refractivity contribution is -0.139. The summed E-state index contributed by atoms with van der Waals surface area (Å²) in [7, 11) is 1.17. The molecule has 1 heterocycles. The molecule has 7 heteroatoms. The van der Waals surface area contributed by atoms with Gasteiger partial charge in [0, 0.05) is 11.8 Å². The van der Waals surface area contributed by atoms with Crippen LogP contribution in [0.15, 0.2) is 6.20 Å². The summed E-state index contributed by atoms with van der Waals surface area (Å²) in [6.07, 6.45) is -2.08. The van der Waals surface area contributed by atoms with Gasteiger partial charge in [-0.1, -0.05) is 11.6 Å². The molecule has 0 aliphatic carbocycles. The Bertz CT molecular complexity index is 486. The van der Waals surface area contributed by atoms with Crippen LogP contribution in [0.1, 0.15) is 23.2 Å². The molecule has 4 nitrogen and oxygen atoms in total. The first kappa shape index (κ1) is 13.3. The summed E-state index contributed by atoms with van der Waals surface area (Å²) in [6, 6.07) is 1.52. The smallest absolute Gasteiger partial charge is 0.310 e. The molecule has 90 valence electrons. The topological polar surface area (TPSA) is 63.0 Å². The molecule has 0 spiro atoms. The summed E-state index contributed by atoms with van der Waals surface area (Å²) < 4.78 is 29.8. The highest BCUT2D eigenvalue weighted by atomic mass is 35.5. The number of carbonyl (C=O) groups is 1. The molecule has 0 bridgehead atoms. The Hall–Kier alpha value is -1.74. The van der Waals surface area contributed by atoms with Gasteiger partial charge in [0.1, 0.15) is 6.07 Å². The number of rotatable bonds is 3. The second-order valence-corrected chi connectivity index (χ2v) is 3.40. The molecule has 1 aromatic heterocycles. The van der Waals surface area contributed by atoms with Crippen molar-refractivity contribution in [1.29, 1.82) is 5.26 Å². The minimum Gasteiger partial charge on any atom is -0.469 e. The molecule has 0 aliphatic heterocycles. The van der Waals surface area contributed by atoms with Crippen LogP contribution in [0.5, 0.6) is 0 Å². The van der Waals surface area contributed by atoms with Gasteiger partial charge in [0.05, 0.1) is 24.1 Å². The van der Waals surface area contributed by atoms with E-state index in [4.69, 9.17) is 16.9 Å². The lowest BCUT2D eigenvalue weighted by Gasteiger charge is -2.09. The molecule has 0 aromatic carbocycles. The molecule has 0 aliphatic rings. The highest BCUT2D eigenvalue weighted by molar-refractivity contribution is 6.32. The van der Waals surface area contributed by atoms with E-state index in [0.29, 0.717) is 0 Å². The number of carbonyl (C=O) groups excluding carboxylic acids is 1. The second kappa shape index (κ2) is 5.55. The van der Waals surface area contributed by atoms with Gasteiger partial charge in [-0.2, -0.15) is 5.26 Å². The maximum absolute atomic E-state index is 12.7. The van der Waals surface area contributed by atoms with Crippen LogP contribution < -0.4 is 0 Å². The van der Waals surface area contributed by atoms with E-state index in [2.05, 4.69) is 9.72 Å². The van der Waals surface area contributed by atoms with E-state index in [0.717, 1.165) is 6.20 Å². The van der Waals surface area contributed by atoms with Crippen LogP contribution >= 0.6 is 11.6 Å². The lowest BCUT2D eigenvalue weighted by atomic mass is 10.1. The van der Waals surface area contributed by atoms with E-state index in [-0.39, 0.29) is 17.0 Å². The molecule has 0 fully saturated rings. The Labute approximate surface area is 101 Å². The number of halogens is 3. The number of methoxy groups -OCH3 is 1. The van der Waals surface area contributed by atoms with Crippen molar-refractivity contribution in [2.24, 2.45) is 0 Å². The van der Waals surface area contributed by atoms with Gasteiger partial charge in [-0.05, 0) is 0 Å². The quantitative estimate of drug-likeness (QED) is 0.782. The van der Waals surface area contributed by atoms with Crippen molar-refractivity contribution >= 4 is 17.6 Å². The lowest BCUT2D eigenvalue weighted by Crippen LogP contribution is -2.08. The van der Waals surface area contributed by atoms with Crippen LogP contribution in [-0.2, 0) is 16.0 Å². The van der Waals surface area contributed by atoms with Crippen molar-refractivity contribution in [1.82, 2.24) is 4.98 Å². The van der Waals surface area contributed by atoms with Gasteiger partial charge in [0.2, 0.25) is 0 Å². The van der Waals surface area contributed by atoms with Gasteiger partial charge in [-0.15, -0.1) is 0 Å². The second-order valence-electron chi connectivity index (χ2n) is 3.03. The van der Waals surface area contributed by atoms with Gasteiger partial charge in [0.25, 0.3) is 6.43 Å². The third kappa shape index (κ3) is 2.88. The van der Waals surface area contributed by atoms with Crippen LogP contribution in [0.25, 0.3) is 0 Å². The average molecular weight is 261 g/mol. The zero-order valence-corrected chi connectivity index (χ0v) is 9.46. The van der Waals surface area contributed by atoms with Gasteiger partial charge in [-0.25, -0.2) is 13.8 Å². The van der Waals surface area contributed by atoms with Gasteiger partial charge < -0.3 is 4.74 Å². The summed E-state index contributed by atoms with van der Waals surface area (Å²) in [4.78, 5) is 14.5. The number of esters is 1. The highest BCUT2D eigenvalue weighted by Gasteiger charge is 2.22. The summed E-state index contributed by atoms with van der Waals surface area (Å²) in [6.45, 7) is 0. The molecule has 1 rings (SSSR count). The zero-order chi connectivity index (χ0) is 13.0. The van der Waals surface area contributed by atoms with E-state index >= 15 is 0 Å². The molecule has 1 aromatic rings. The minimum atomic E-state index is -2.93. The van der Waals surface area contributed by atoms with Gasteiger partial charge >= 0.3 is 5.97 Å². The minimum absolute atomic E-state index is 0.104. The first-order valence-corrected chi connectivity index (χ1v) is 4.81. The predicted octanol–water partition coefficient (Wildman–Crippen LogP) is 2.26. The molecule has 0 unspecified atom stereocenters. The van der Waals surface area contributed by atoms with Crippen LogP contribution in [-0.4, -0.2) is 18.1 Å². The molecule has 0 atom stereocenters. The molecule has 0 saturated carbocycles. The molecule has 0 amide bonds. The number of aromatic nitrogens is 1. The highest BCUT2D eigenvalue weighted by Crippen LogP contribution is 2.31. The van der Waals surface area contributed by atoms with E-state index in [1.165, 1.54) is 13.2 Å². The maximum Gasteiger partial charge on any atom is 0.310 e. The fourth-order valence-corrected chi connectivity index (χ4v) is 1.47. The molecular formula is C10H7ClF2N2O2. The Morgan fingerprint density at radius 2 is 2.35 bits per heavy atom. The standard InChI is InChI=1S/C10H7ClF2N2O2/c1-17-7(16)2-5-4-15-6(3-14)8(9(5)11)10(12)13/h4,10H,2H2,1H3. The maximum atomic E-state index is 12.7. The molecule has 0 radical (unpaired) electrons. The number of pyridine rings is 1. The zero-order valence-electron chi connectivity index (χ0n) is 8.71. The summed E-state index contributed by atoms with van der Waals surface area (Å²) in [5.41, 5.74) is -0.998. The van der Waals surface area contributed by atoms with Gasteiger partial charge in [0.15, 0.2) is 5.69 Å². The molecule has 17 heavy (non-hydrogen) atoms. The van der Waals surface area contributed by atoms with Gasteiger partial charge in [-0.3, -0.25) is 4.79 Å². The summed E-state index contributed by atoms with van der Waals surface area (Å²) in [5, 5.41) is 8.29. The van der Waals surface area contributed by atoms with Crippen molar-refractivity contribution in [3.8, 4) is 6.07 Å². The van der Waals surface area contributed by atoms with E-state index in [1.54, 1.807) is 0 Å². The van der Waals surface area contributed by atoms with Crippen LogP contribution in [0.4, 0.5) is 8.78 Å². The fourth-order valence-electron chi connectivity index (χ4n) is 1.18. The molecular weight excluding hydrogens is 254 g/mol. The number of nitriles is 1. The monoisotopic (exact) mass is 260 g/mol. The Balaban J connectivity index is 3.24. The molecule has 0 saturated heterocycles. The normalized spacial score (nSPS) is 10.1. The van der Waals surface area contributed by atoms with Crippen molar-refractivity contribution in [3.05, 3.63) is 28.0 Å². The third-order valence-corrected chi connectivity index (χ3v) is 2.46. The SMILES string of the molecule is COC(=O)Cc1cnc(C#N)c(C(F)F)c1Cl. The van der Waals surface area contributed by atoms with Crippen LogP contribution in [0.2, 0.25) is 5.02 Å². The van der Waals surface area contributed by atoms with Crippen LogP contribution in [0.3, 0.4) is 0 Å².